The van der Waals surface area contributed by atoms with Crippen molar-refractivity contribution in [1.29, 1.82) is 0 Å². The molecular formula is C18H14BrN3O5S. The molecule has 0 radical (unpaired) electrons. The van der Waals surface area contributed by atoms with Gasteiger partial charge < -0.3 is 9.84 Å². The normalized spacial score (nSPS) is 11.1. The van der Waals surface area contributed by atoms with Gasteiger partial charge in [0.25, 0.3) is 11.6 Å². The van der Waals surface area contributed by atoms with Crippen molar-refractivity contribution in [1.82, 2.24) is 5.43 Å². The van der Waals surface area contributed by atoms with Crippen LogP contribution in [0.4, 0.5) is 5.69 Å². The Labute approximate surface area is 171 Å². The summed E-state index contributed by atoms with van der Waals surface area (Å²) in [5.74, 6) is -0.243. The second-order valence-electron chi connectivity index (χ2n) is 5.56. The molecule has 0 aliphatic rings. The number of carbonyl (C=O) groups excluding carboxylic acids is 1. The molecule has 2 N–H and O–H groups in total. The maximum absolute atomic E-state index is 12.3. The van der Waals surface area contributed by atoms with E-state index in [2.05, 4.69) is 26.5 Å². The fourth-order valence-electron chi connectivity index (χ4n) is 2.43. The maximum Gasteiger partial charge on any atom is 0.281 e. The Balaban J connectivity index is 1.77. The van der Waals surface area contributed by atoms with Gasteiger partial charge in [-0.25, -0.2) is 5.43 Å². The number of benzene rings is 2. The van der Waals surface area contributed by atoms with Crippen molar-refractivity contribution in [3.05, 3.63) is 61.4 Å². The highest BCUT2D eigenvalue weighted by Crippen LogP contribution is 2.33. The fraction of sp³-hybridized carbons (Fsp3) is 0.111. The minimum atomic E-state index is -0.484. The molecule has 0 atom stereocenters. The zero-order valence-electron chi connectivity index (χ0n) is 14.5. The molecule has 0 spiro atoms. The number of non-ortho nitro benzene ring substituents is 1. The molecule has 28 heavy (non-hydrogen) atoms. The average Bonchev–Trinajstić information content (AvgIpc) is 3.08. The first-order valence-electron chi connectivity index (χ1n) is 8.05. The molecule has 1 aromatic heterocycles. The Bertz CT molecular complexity index is 1100. The van der Waals surface area contributed by atoms with E-state index in [0.29, 0.717) is 32.7 Å². The predicted octanol–water partition coefficient (Wildman–Crippen LogP) is 4.44. The summed E-state index contributed by atoms with van der Waals surface area (Å²) in [5.41, 5.74) is 2.71. The largest absolute Gasteiger partial charge is 0.504 e. The number of hydrogen-bond donors (Lipinski definition) is 2. The summed E-state index contributed by atoms with van der Waals surface area (Å²) in [6, 6.07) is 9.25. The predicted molar refractivity (Wildman–Crippen MR) is 111 cm³/mol. The molecule has 0 saturated carbocycles. The third kappa shape index (κ3) is 4.29. The highest BCUT2D eigenvalue weighted by Gasteiger charge is 2.13. The molecule has 0 bridgehead atoms. The van der Waals surface area contributed by atoms with Gasteiger partial charge in [-0.05, 0) is 31.2 Å². The number of nitrogens with one attached hydrogen (secondary N) is 1. The number of carbonyl (C=O) groups is 1. The smallest absolute Gasteiger partial charge is 0.281 e. The molecule has 1 amide bonds. The van der Waals surface area contributed by atoms with E-state index in [4.69, 9.17) is 4.74 Å². The average molecular weight is 464 g/mol. The second kappa shape index (κ2) is 8.36. The van der Waals surface area contributed by atoms with Gasteiger partial charge in [-0.3, -0.25) is 14.9 Å². The van der Waals surface area contributed by atoms with Crippen LogP contribution in [0.2, 0.25) is 0 Å². The molecule has 1 heterocycles. The third-order valence-corrected chi connectivity index (χ3v) is 5.25. The van der Waals surface area contributed by atoms with Crippen LogP contribution >= 0.6 is 27.3 Å². The number of halogens is 1. The van der Waals surface area contributed by atoms with Crippen molar-refractivity contribution in [3.63, 3.8) is 0 Å². The topological polar surface area (TPSA) is 114 Å². The van der Waals surface area contributed by atoms with Gasteiger partial charge in [0.1, 0.15) is 0 Å². The van der Waals surface area contributed by atoms with E-state index in [1.54, 1.807) is 31.2 Å². The Kier molecular flexibility index (Phi) is 5.90. The number of nitrogens with zero attached hydrogens (tertiary/aromatic N) is 2. The van der Waals surface area contributed by atoms with E-state index < -0.39 is 10.8 Å². The number of rotatable bonds is 6. The van der Waals surface area contributed by atoms with Crippen LogP contribution in [-0.2, 0) is 0 Å². The summed E-state index contributed by atoms with van der Waals surface area (Å²) in [4.78, 5) is 23.0. The summed E-state index contributed by atoms with van der Waals surface area (Å²) in [5, 5.41) is 25.5. The number of phenolic OH excluding ortho intramolecular Hbond substituents is 1. The monoisotopic (exact) mass is 463 g/mol. The molecule has 0 fully saturated rings. The molecule has 0 aliphatic heterocycles. The summed E-state index contributed by atoms with van der Waals surface area (Å²) in [6.45, 7) is 2.19. The number of nitro benzene ring substituents is 1. The number of nitro groups is 1. The van der Waals surface area contributed by atoms with Gasteiger partial charge in [-0.1, -0.05) is 15.9 Å². The minimum absolute atomic E-state index is 0.0366. The lowest BCUT2D eigenvalue weighted by Crippen LogP contribution is -2.16. The Morgan fingerprint density at radius 1 is 1.39 bits per heavy atom. The molecule has 8 nitrogen and oxygen atoms in total. The lowest BCUT2D eigenvalue weighted by Gasteiger charge is -2.08. The van der Waals surface area contributed by atoms with Crippen LogP contribution < -0.4 is 10.2 Å². The van der Waals surface area contributed by atoms with Gasteiger partial charge in [0.2, 0.25) is 0 Å². The van der Waals surface area contributed by atoms with Crippen molar-refractivity contribution in [2.24, 2.45) is 5.10 Å². The van der Waals surface area contributed by atoms with Crippen LogP contribution in [0.3, 0.4) is 0 Å². The zero-order valence-corrected chi connectivity index (χ0v) is 16.9. The van der Waals surface area contributed by atoms with Crippen LogP contribution in [0, 0.1) is 10.1 Å². The fourth-order valence-corrected chi connectivity index (χ4v) is 3.82. The van der Waals surface area contributed by atoms with Gasteiger partial charge in [0.15, 0.2) is 11.5 Å². The standard InChI is InChI=1S/C18H14BrN3O5S/c1-2-27-14-8-12(19)5-11(17(14)23)9-20-21-18(24)16-7-10-6-13(22(25)26)3-4-15(10)28-16/h3-9,23H,2H2,1H3,(H,21,24)/b20-9+. The van der Waals surface area contributed by atoms with Gasteiger partial charge in [0.05, 0.1) is 22.6 Å². The SMILES string of the molecule is CCOc1cc(Br)cc(/C=N/NC(=O)c2cc3cc([N+](=O)[O-])ccc3s2)c1O. The van der Waals surface area contributed by atoms with E-state index in [-0.39, 0.29) is 11.4 Å². The quantitative estimate of drug-likeness (QED) is 0.318. The number of hydrazone groups is 1. The summed E-state index contributed by atoms with van der Waals surface area (Å²) >= 11 is 4.53. The van der Waals surface area contributed by atoms with Gasteiger partial charge >= 0.3 is 0 Å². The number of hydrogen-bond acceptors (Lipinski definition) is 7. The van der Waals surface area contributed by atoms with E-state index >= 15 is 0 Å². The first-order valence-corrected chi connectivity index (χ1v) is 9.66. The van der Waals surface area contributed by atoms with Gasteiger partial charge in [-0.15, -0.1) is 11.3 Å². The van der Waals surface area contributed by atoms with Crippen LogP contribution in [0.25, 0.3) is 10.1 Å². The summed E-state index contributed by atoms with van der Waals surface area (Å²) in [6.07, 6.45) is 1.30. The molecule has 2 aromatic carbocycles. The first-order chi connectivity index (χ1) is 13.4. The second-order valence-corrected chi connectivity index (χ2v) is 7.56. The van der Waals surface area contributed by atoms with E-state index in [0.717, 1.165) is 4.70 Å². The van der Waals surface area contributed by atoms with Gasteiger partial charge in [0, 0.05) is 32.3 Å². The number of ether oxygens (including phenoxy) is 1. The van der Waals surface area contributed by atoms with E-state index in [1.165, 1.54) is 29.7 Å². The van der Waals surface area contributed by atoms with E-state index in [9.17, 15) is 20.0 Å². The molecule has 3 rings (SSSR count). The first kappa shape index (κ1) is 19.8. The molecule has 10 heteroatoms. The Morgan fingerprint density at radius 2 is 2.18 bits per heavy atom. The van der Waals surface area contributed by atoms with Crippen molar-refractivity contribution < 1.29 is 19.6 Å². The summed E-state index contributed by atoms with van der Waals surface area (Å²) < 4.78 is 6.78. The van der Waals surface area contributed by atoms with Crippen molar-refractivity contribution in [2.45, 2.75) is 6.92 Å². The van der Waals surface area contributed by atoms with Crippen molar-refractivity contribution in [3.8, 4) is 11.5 Å². The summed E-state index contributed by atoms with van der Waals surface area (Å²) in [7, 11) is 0. The molecule has 144 valence electrons. The van der Waals surface area contributed by atoms with E-state index in [1.807, 2.05) is 0 Å². The van der Waals surface area contributed by atoms with Crippen molar-refractivity contribution in [2.75, 3.05) is 6.61 Å². The van der Waals surface area contributed by atoms with Crippen LogP contribution in [0.1, 0.15) is 22.2 Å². The number of aromatic hydroxyl groups is 1. The number of amides is 1. The third-order valence-electron chi connectivity index (χ3n) is 3.67. The Morgan fingerprint density at radius 3 is 2.89 bits per heavy atom. The zero-order chi connectivity index (χ0) is 20.3. The highest BCUT2D eigenvalue weighted by molar-refractivity contribution is 9.10. The lowest BCUT2D eigenvalue weighted by molar-refractivity contribution is -0.384. The molecular weight excluding hydrogens is 450 g/mol. The highest BCUT2D eigenvalue weighted by atomic mass is 79.9. The Hall–Kier alpha value is -2.98. The number of fused-ring (bicyclic) bond motifs is 1. The molecule has 0 aliphatic carbocycles. The lowest BCUT2D eigenvalue weighted by atomic mass is 10.2. The van der Waals surface area contributed by atoms with Crippen LogP contribution in [0.5, 0.6) is 11.5 Å². The molecule has 3 aromatic rings. The molecule has 0 unspecified atom stereocenters. The van der Waals surface area contributed by atoms with Crippen molar-refractivity contribution >= 4 is 55.2 Å². The minimum Gasteiger partial charge on any atom is -0.504 e. The number of thiophene rings is 1. The van der Waals surface area contributed by atoms with Crippen LogP contribution in [-0.4, -0.2) is 28.8 Å². The van der Waals surface area contributed by atoms with Crippen LogP contribution in [0.15, 0.2) is 46.0 Å². The number of phenols is 1. The molecule has 0 saturated heterocycles. The maximum atomic E-state index is 12.3. The van der Waals surface area contributed by atoms with Gasteiger partial charge in [-0.2, -0.15) is 5.10 Å².